The molecule has 0 aliphatic heterocycles. The van der Waals surface area contributed by atoms with E-state index in [-0.39, 0.29) is 10.7 Å². The number of ether oxygens (including phenoxy) is 2. The molecule has 1 amide bonds. The van der Waals surface area contributed by atoms with Crippen molar-refractivity contribution in [1.29, 1.82) is 0 Å². The minimum atomic E-state index is -0.433. The SMILES string of the molecule is COc1cccc(OC)c1C(=O)NC(=S)Nc1nc(-c2cccc3ccccc23)cs1. The monoisotopic (exact) mass is 449 g/mol. The van der Waals surface area contributed by atoms with Gasteiger partial charge in [0.1, 0.15) is 17.1 Å². The number of nitrogens with one attached hydrogen (secondary N) is 2. The maximum atomic E-state index is 12.8. The number of thiazole rings is 1. The highest BCUT2D eigenvalue weighted by molar-refractivity contribution is 7.80. The molecule has 0 saturated heterocycles. The number of anilines is 1. The molecule has 1 heterocycles. The van der Waals surface area contributed by atoms with Gasteiger partial charge in [0, 0.05) is 10.9 Å². The fraction of sp³-hybridized carbons (Fsp3) is 0.0870. The Hall–Kier alpha value is -3.49. The molecule has 4 rings (SSSR count). The fourth-order valence-corrected chi connectivity index (χ4v) is 4.24. The van der Waals surface area contributed by atoms with E-state index < -0.39 is 5.91 Å². The molecule has 0 spiro atoms. The van der Waals surface area contributed by atoms with Gasteiger partial charge < -0.3 is 14.8 Å². The van der Waals surface area contributed by atoms with Gasteiger partial charge in [0.2, 0.25) is 0 Å². The molecule has 6 nitrogen and oxygen atoms in total. The number of fused-ring (bicyclic) bond motifs is 1. The van der Waals surface area contributed by atoms with Gasteiger partial charge in [-0.3, -0.25) is 10.1 Å². The molecule has 0 radical (unpaired) electrons. The zero-order valence-electron chi connectivity index (χ0n) is 16.8. The number of nitrogens with zero attached hydrogens (tertiary/aromatic N) is 1. The quantitative estimate of drug-likeness (QED) is 0.413. The van der Waals surface area contributed by atoms with E-state index in [4.69, 9.17) is 21.7 Å². The summed E-state index contributed by atoms with van der Waals surface area (Å²) < 4.78 is 10.6. The number of methoxy groups -OCH3 is 2. The van der Waals surface area contributed by atoms with Crippen LogP contribution in [0, 0.1) is 0 Å². The van der Waals surface area contributed by atoms with E-state index in [0.29, 0.717) is 16.6 Å². The van der Waals surface area contributed by atoms with Crippen LogP contribution in [0.3, 0.4) is 0 Å². The summed E-state index contributed by atoms with van der Waals surface area (Å²) in [5.41, 5.74) is 2.15. The van der Waals surface area contributed by atoms with E-state index in [0.717, 1.165) is 22.0 Å². The summed E-state index contributed by atoms with van der Waals surface area (Å²) in [6, 6.07) is 19.4. The zero-order valence-corrected chi connectivity index (χ0v) is 18.5. The lowest BCUT2D eigenvalue weighted by molar-refractivity contribution is 0.0971. The van der Waals surface area contributed by atoms with Crippen LogP contribution in [-0.2, 0) is 0 Å². The molecule has 1 aromatic heterocycles. The van der Waals surface area contributed by atoms with Gasteiger partial charge in [-0.2, -0.15) is 0 Å². The lowest BCUT2D eigenvalue weighted by atomic mass is 10.0. The largest absolute Gasteiger partial charge is 0.496 e. The number of benzene rings is 3. The van der Waals surface area contributed by atoms with E-state index in [2.05, 4.69) is 33.8 Å². The van der Waals surface area contributed by atoms with E-state index in [1.165, 1.54) is 25.6 Å². The molecule has 0 fully saturated rings. The zero-order chi connectivity index (χ0) is 21.8. The molecule has 0 atom stereocenters. The summed E-state index contributed by atoms with van der Waals surface area (Å²) in [6.45, 7) is 0. The number of aromatic nitrogens is 1. The van der Waals surface area contributed by atoms with E-state index >= 15 is 0 Å². The van der Waals surface area contributed by atoms with Crippen LogP contribution in [0.15, 0.2) is 66.0 Å². The number of thiocarbonyl (C=S) groups is 1. The van der Waals surface area contributed by atoms with Gasteiger partial charge in [-0.15, -0.1) is 11.3 Å². The molecule has 3 aromatic carbocycles. The Morgan fingerprint density at radius 2 is 1.65 bits per heavy atom. The number of rotatable bonds is 5. The Balaban J connectivity index is 1.51. The van der Waals surface area contributed by atoms with Gasteiger partial charge >= 0.3 is 0 Å². The van der Waals surface area contributed by atoms with Crippen LogP contribution in [0.5, 0.6) is 11.5 Å². The third-order valence-electron chi connectivity index (χ3n) is 4.67. The summed E-state index contributed by atoms with van der Waals surface area (Å²) in [7, 11) is 2.99. The molecule has 156 valence electrons. The molecule has 0 aliphatic carbocycles. The minimum Gasteiger partial charge on any atom is -0.496 e. The van der Waals surface area contributed by atoms with Crippen molar-refractivity contribution >= 4 is 50.5 Å². The molecular formula is C23H19N3O3S2. The Morgan fingerprint density at radius 3 is 2.39 bits per heavy atom. The Bertz CT molecular complexity index is 1240. The average Bonchev–Trinajstić information content (AvgIpc) is 3.25. The molecule has 0 bridgehead atoms. The molecule has 4 aromatic rings. The molecular weight excluding hydrogens is 430 g/mol. The Morgan fingerprint density at radius 1 is 0.968 bits per heavy atom. The summed E-state index contributed by atoms with van der Waals surface area (Å²) in [4.78, 5) is 17.4. The molecule has 0 unspecified atom stereocenters. The molecule has 0 aliphatic rings. The van der Waals surface area contributed by atoms with Gasteiger partial charge in [-0.1, -0.05) is 48.5 Å². The first-order chi connectivity index (χ1) is 15.1. The van der Waals surface area contributed by atoms with Crippen molar-refractivity contribution in [2.45, 2.75) is 0 Å². The first kappa shape index (κ1) is 20.8. The van der Waals surface area contributed by atoms with E-state index in [1.807, 2.05) is 29.6 Å². The van der Waals surface area contributed by atoms with Crippen molar-refractivity contribution < 1.29 is 14.3 Å². The fourth-order valence-electron chi connectivity index (χ4n) is 3.27. The number of carbonyl (C=O) groups excluding carboxylic acids is 1. The Labute approximate surface area is 188 Å². The highest BCUT2D eigenvalue weighted by Crippen LogP contribution is 2.31. The molecule has 0 saturated carbocycles. The number of amides is 1. The van der Waals surface area contributed by atoms with Gasteiger partial charge in [0.15, 0.2) is 10.2 Å². The normalized spacial score (nSPS) is 10.5. The van der Waals surface area contributed by atoms with Crippen molar-refractivity contribution in [2.24, 2.45) is 0 Å². The predicted molar refractivity (Wildman–Crippen MR) is 128 cm³/mol. The standard InChI is InChI=1S/C23H19N3O3S2/c1-28-18-11-6-12-19(29-2)20(18)21(27)25-22(30)26-23-24-17(13-31-23)16-10-5-8-14-7-3-4-9-15(14)16/h3-13H,1-2H3,(H2,24,25,26,27,30). The highest BCUT2D eigenvalue weighted by atomic mass is 32.1. The second kappa shape index (κ2) is 9.11. The second-order valence-corrected chi connectivity index (χ2v) is 7.78. The summed E-state index contributed by atoms with van der Waals surface area (Å²) in [6.07, 6.45) is 0. The van der Waals surface area contributed by atoms with Gasteiger partial charge in [-0.25, -0.2) is 4.98 Å². The van der Waals surface area contributed by atoms with Crippen molar-refractivity contribution in [3.63, 3.8) is 0 Å². The topological polar surface area (TPSA) is 72.5 Å². The summed E-state index contributed by atoms with van der Waals surface area (Å²) in [5, 5.41) is 10.6. The third-order valence-corrected chi connectivity index (χ3v) is 5.63. The minimum absolute atomic E-state index is 0.136. The van der Waals surface area contributed by atoms with Crippen LogP contribution in [0.4, 0.5) is 5.13 Å². The van der Waals surface area contributed by atoms with Crippen molar-refractivity contribution in [3.8, 4) is 22.8 Å². The summed E-state index contributed by atoms with van der Waals surface area (Å²) in [5.74, 6) is 0.358. The number of carbonyl (C=O) groups is 1. The van der Waals surface area contributed by atoms with Crippen LogP contribution in [0.25, 0.3) is 22.0 Å². The lowest BCUT2D eigenvalue weighted by Crippen LogP contribution is -2.34. The first-order valence-corrected chi connectivity index (χ1v) is 10.7. The van der Waals surface area contributed by atoms with Crippen LogP contribution in [0.1, 0.15) is 10.4 Å². The highest BCUT2D eigenvalue weighted by Gasteiger charge is 2.19. The van der Waals surface area contributed by atoms with Crippen LogP contribution < -0.4 is 20.1 Å². The summed E-state index contributed by atoms with van der Waals surface area (Å²) >= 11 is 6.73. The van der Waals surface area contributed by atoms with Crippen LogP contribution >= 0.6 is 23.6 Å². The van der Waals surface area contributed by atoms with Crippen molar-refractivity contribution in [2.75, 3.05) is 19.5 Å². The van der Waals surface area contributed by atoms with Gasteiger partial charge in [0.25, 0.3) is 5.91 Å². The maximum Gasteiger partial charge on any atom is 0.264 e. The third kappa shape index (κ3) is 4.35. The van der Waals surface area contributed by atoms with E-state index in [1.54, 1.807) is 18.2 Å². The second-order valence-electron chi connectivity index (χ2n) is 6.51. The van der Waals surface area contributed by atoms with Crippen molar-refractivity contribution in [1.82, 2.24) is 10.3 Å². The average molecular weight is 450 g/mol. The predicted octanol–water partition coefficient (Wildman–Crippen LogP) is 5.11. The smallest absolute Gasteiger partial charge is 0.264 e. The first-order valence-electron chi connectivity index (χ1n) is 9.37. The number of hydrogen-bond donors (Lipinski definition) is 2. The number of hydrogen-bond acceptors (Lipinski definition) is 6. The van der Waals surface area contributed by atoms with Crippen LogP contribution in [-0.4, -0.2) is 30.2 Å². The van der Waals surface area contributed by atoms with Gasteiger partial charge in [-0.05, 0) is 35.1 Å². The molecule has 2 N–H and O–H groups in total. The molecule has 31 heavy (non-hydrogen) atoms. The van der Waals surface area contributed by atoms with Crippen molar-refractivity contribution in [3.05, 3.63) is 71.6 Å². The van der Waals surface area contributed by atoms with E-state index in [9.17, 15) is 4.79 Å². The Kier molecular flexibility index (Phi) is 6.11. The van der Waals surface area contributed by atoms with Crippen LogP contribution in [0.2, 0.25) is 0 Å². The van der Waals surface area contributed by atoms with Gasteiger partial charge in [0.05, 0.1) is 19.9 Å². The maximum absolute atomic E-state index is 12.8. The molecule has 8 heteroatoms. The lowest BCUT2D eigenvalue weighted by Gasteiger charge is -2.13.